The van der Waals surface area contributed by atoms with Crippen LogP contribution in [0.5, 0.6) is 0 Å². The van der Waals surface area contributed by atoms with Crippen molar-refractivity contribution in [2.45, 2.75) is 57.9 Å². The smallest absolute Gasteiger partial charge is 0.151 e. The zero-order valence-electron chi connectivity index (χ0n) is 13.2. The van der Waals surface area contributed by atoms with Gasteiger partial charge >= 0.3 is 0 Å². The lowest BCUT2D eigenvalue weighted by Gasteiger charge is -2.31. The van der Waals surface area contributed by atoms with E-state index in [2.05, 4.69) is 17.3 Å². The normalized spacial score (nSPS) is 17.8. The van der Waals surface area contributed by atoms with Gasteiger partial charge in [-0.25, -0.2) is 8.42 Å². The molecule has 20 heavy (non-hydrogen) atoms. The van der Waals surface area contributed by atoms with Crippen molar-refractivity contribution >= 4 is 9.84 Å². The predicted octanol–water partition coefficient (Wildman–Crippen LogP) is 2.06. The first-order chi connectivity index (χ1) is 9.55. The highest BCUT2D eigenvalue weighted by molar-refractivity contribution is 7.91. The molecule has 1 aliphatic carbocycles. The third-order valence-corrected chi connectivity index (χ3v) is 6.02. The molecule has 0 aromatic heterocycles. The molecule has 1 aliphatic rings. The van der Waals surface area contributed by atoms with E-state index >= 15 is 0 Å². The van der Waals surface area contributed by atoms with E-state index in [1.165, 1.54) is 32.1 Å². The second kappa shape index (κ2) is 9.74. The third-order valence-electron chi connectivity index (χ3n) is 4.17. The van der Waals surface area contributed by atoms with E-state index in [1.807, 2.05) is 6.92 Å². The second-order valence-electron chi connectivity index (χ2n) is 6.03. The van der Waals surface area contributed by atoms with Crippen molar-refractivity contribution in [3.63, 3.8) is 0 Å². The van der Waals surface area contributed by atoms with Crippen molar-refractivity contribution in [1.29, 1.82) is 0 Å². The molecule has 1 saturated carbocycles. The number of nitrogens with one attached hydrogen (secondary N) is 1. The van der Waals surface area contributed by atoms with Crippen LogP contribution in [0.4, 0.5) is 0 Å². The highest BCUT2D eigenvalue weighted by atomic mass is 32.2. The van der Waals surface area contributed by atoms with Crippen LogP contribution in [0, 0.1) is 0 Å². The molecular weight excluding hydrogens is 272 g/mol. The Morgan fingerprint density at radius 1 is 1.10 bits per heavy atom. The Labute approximate surface area is 125 Å². The minimum Gasteiger partial charge on any atom is -0.316 e. The lowest BCUT2D eigenvalue weighted by atomic mass is 9.94. The van der Waals surface area contributed by atoms with E-state index in [4.69, 9.17) is 0 Å². The molecule has 0 aliphatic heterocycles. The van der Waals surface area contributed by atoms with E-state index in [9.17, 15) is 8.42 Å². The molecule has 0 aromatic carbocycles. The van der Waals surface area contributed by atoms with Gasteiger partial charge in [-0.2, -0.15) is 0 Å². The number of sulfone groups is 1. The molecule has 0 saturated heterocycles. The van der Waals surface area contributed by atoms with Crippen LogP contribution in [0.15, 0.2) is 0 Å². The molecule has 0 unspecified atom stereocenters. The van der Waals surface area contributed by atoms with E-state index in [-0.39, 0.29) is 5.75 Å². The van der Waals surface area contributed by atoms with Crippen LogP contribution >= 0.6 is 0 Å². The van der Waals surface area contributed by atoms with Crippen LogP contribution in [0.1, 0.15) is 51.9 Å². The largest absolute Gasteiger partial charge is 0.316 e. The summed E-state index contributed by atoms with van der Waals surface area (Å²) >= 11 is 0. The van der Waals surface area contributed by atoms with Gasteiger partial charge in [-0.3, -0.25) is 0 Å². The Morgan fingerprint density at radius 2 is 1.80 bits per heavy atom. The minimum atomic E-state index is -2.83. The molecule has 1 rings (SSSR count). The lowest BCUT2D eigenvalue weighted by molar-refractivity contribution is 0.190. The van der Waals surface area contributed by atoms with Crippen molar-refractivity contribution < 1.29 is 8.42 Å². The standard InChI is InChI=1S/C15H32N2O2S/c1-3-13-20(18,19)14-11-16-10-7-12-17(2)15-8-5-4-6-9-15/h15-16H,3-14H2,1-2H3. The molecule has 0 atom stereocenters. The fourth-order valence-electron chi connectivity index (χ4n) is 2.92. The van der Waals surface area contributed by atoms with E-state index in [0.717, 1.165) is 25.6 Å². The summed E-state index contributed by atoms with van der Waals surface area (Å²) in [5.41, 5.74) is 0. The van der Waals surface area contributed by atoms with Gasteiger partial charge in [0.25, 0.3) is 0 Å². The summed E-state index contributed by atoms with van der Waals surface area (Å²) in [6, 6.07) is 0.772. The van der Waals surface area contributed by atoms with Gasteiger partial charge in [-0.05, 0) is 45.8 Å². The molecule has 0 spiro atoms. The minimum absolute atomic E-state index is 0.277. The SMILES string of the molecule is CCCS(=O)(=O)CCNCCCN(C)C1CCCCC1. The summed E-state index contributed by atoms with van der Waals surface area (Å²) in [6.07, 6.45) is 8.66. The van der Waals surface area contributed by atoms with Gasteiger partial charge in [-0.15, -0.1) is 0 Å². The highest BCUT2D eigenvalue weighted by Crippen LogP contribution is 2.21. The molecule has 5 heteroatoms. The predicted molar refractivity (Wildman–Crippen MR) is 85.9 cm³/mol. The molecule has 4 nitrogen and oxygen atoms in total. The Hall–Kier alpha value is -0.130. The summed E-state index contributed by atoms with van der Waals surface area (Å²) in [4.78, 5) is 2.48. The van der Waals surface area contributed by atoms with Gasteiger partial charge < -0.3 is 10.2 Å². The lowest BCUT2D eigenvalue weighted by Crippen LogP contribution is -2.35. The molecule has 0 radical (unpaired) electrons. The Kier molecular flexibility index (Phi) is 8.73. The van der Waals surface area contributed by atoms with Crippen molar-refractivity contribution in [2.24, 2.45) is 0 Å². The first-order valence-electron chi connectivity index (χ1n) is 8.16. The Balaban J connectivity index is 2.01. The summed E-state index contributed by atoms with van der Waals surface area (Å²) in [5, 5.41) is 3.25. The van der Waals surface area contributed by atoms with Gasteiger partial charge in [0.05, 0.1) is 5.75 Å². The van der Waals surface area contributed by atoms with Crippen LogP contribution in [0.2, 0.25) is 0 Å². The molecule has 0 heterocycles. The van der Waals surface area contributed by atoms with Gasteiger partial charge in [0.1, 0.15) is 0 Å². The zero-order chi connectivity index (χ0) is 14.8. The van der Waals surface area contributed by atoms with E-state index in [1.54, 1.807) is 0 Å². The molecule has 0 bridgehead atoms. The quantitative estimate of drug-likeness (QED) is 0.628. The average Bonchev–Trinajstić information content (AvgIpc) is 2.43. The molecule has 0 amide bonds. The van der Waals surface area contributed by atoms with Crippen LogP contribution < -0.4 is 5.32 Å². The topological polar surface area (TPSA) is 49.4 Å². The van der Waals surface area contributed by atoms with Gasteiger partial charge in [0.15, 0.2) is 9.84 Å². The van der Waals surface area contributed by atoms with Crippen LogP contribution in [-0.2, 0) is 9.84 Å². The van der Waals surface area contributed by atoms with Crippen molar-refractivity contribution in [3.8, 4) is 0 Å². The number of hydrogen-bond acceptors (Lipinski definition) is 4. The van der Waals surface area contributed by atoms with Crippen LogP contribution in [0.3, 0.4) is 0 Å². The molecule has 0 aromatic rings. The second-order valence-corrected chi connectivity index (χ2v) is 8.33. The highest BCUT2D eigenvalue weighted by Gasteiger charge is 2.17. The maximum atomic E-state index is 11.5. The van der Waals surface area contributed by atoms with Crippen LogP contribution in [-0.4, -0.2) is 57.5 Å². The van der Waals surface area contributed by atoms with Gasteiger partial charge in [0, 0.05) is 18.3 Å². The fraction of sp³-hybridized carbons (Fsp3) is 1.00. The Bertz CT molecular complexity index is 338. The molecule has 1 N–H and O–H groups in total. The molecule has 120 valence electrons. The molecular formula is C15H32N2O2S. The monoisotopic (exact) mass is 304 g/mol. The van der Waals surface area contributed by atoms with Gasteiger partial charge in [-0.1, -0.05) is 26.2 Å². The number of nitrogens with zero attached hydrogens (tertiary/aromatic N) is 1. The maximum absolute atomic E-state index is 11.5. The first-order valence-corrected chi connectivity index (χ1v) is 9.98. The summed E-state index contributed by atoms with van der Waals surface area (Å²) in [7, 11) is -0.601. The van der Waals surface area contributed by atoms with Gasteiger partial charge in [0.2, 0.25) is 0 Å². The van der Waals surface area contributed by atoms with Crippen molar-refractivity contribution in [1.82, 2.24) is 10.2 Å². The maximum Gasteiger partial charge on any atom is 0.151 e. The summed E-state index contributed by atoms with van der Waals surface area (Å²) < 4.78 is 23.1. The fourth-order valence-corrected chi connectivity index (χ4v) is 4.21. The Morgan fingerprint density at radius 3 is 2.45 bits per heavy atom. The average molecular weight is 305 g/mol. The number of rotatable bonds is 10. The first kappa shape index (κ1) is 17.9. The van der Waals surface area contributed by atoms with Crippen molar-refractivity contribution in [3.05, 3.63) is 0 Å². The number of hydrogen-bond donors (Lipinski definition) is 1. The van der Waals surface area contributed by atoms with E-state index < -0.39 is 9.84 Å². The summed E-state index contributed by atoms with van der Waals surface area (Å²) in [5.74, 6) is 0.596. The summed E-state index contributed by atoms with van der Waals surface area (Å²) in [6.45, 7) is 4.53. The zero-order valence-corrected chi connectivity index (χ0v) is 14.1. The third kappa shape index (κ3) is 7.60. The van der Waals surface area contributed by atoms with E-state index in [0.29, 0.717) is 18.7 Å². The van der Waals surface area contributed by atoms with Crippen LogP contribution in [0.25, 0.3) is 0 Å². The molecule has 1 fully saturated rings. The van der Waals surface area contributed by atoms with Crippen molar-refractivity contribution in [2.75, 3.05) is 38.2 Å².